The topological polar surface area (TPSA) is 35.5 Å². The van der Waals surface area contributed by atoms with E-state index in [-0.39, 0.29) is 12.6 Å². The number of carbonyl (C=O) groups excluding carboxylic acids is 1. The molecule has 0 saturated heterocycles. The Morgan fingerprint density at radius 2 is 2.05 bits per heavy atom. The predicted molar refractivity (Wildman–Crippen MR) is 76.5 cm³/mol. The fourth-order valence-corrected chi connectivity index (χ4v) is 2.21. The zero-order valence-corrected chi connectivity index (χ0v) is 12.4. The summed E-state index contributed by atoms with van der Waals surface area (Å²) in [5.74, 6) is 1.14. The summed E-state index contributed by atoms with van der Waals surface area (Å²) in [5.41, 5.74) is 2.76. The molecule has 19 heavy (non-hydrogen) atoms. The molecule has 0 saturated carbocycles. The minimum Gasteiger partial charge on any atom is -0.482 e. The lowest BCUT2D eigenvalue weighted by Gasteiger charge is -2.21. The average molecular weight is 264 g/mol. The van der Waals surface area contributed by atoms with Gasteiger partial charge in [-0.15, -0.1) is 0 Å². The summed E-state index contributed by atoms with van der Waals surface area (Å²) < 4.78 is 9.92. The van der Waals surface area contributed by atoms with Crippen molar-refractivity contribution in [2.24, 2.45) is 5.92 Å². The Morgan fingerprint density at radius 3 is 2.74 bits per heavy atom. The fourth-order valence-electron chi connectivity index (χ4n) is 2.21. The maximum Gasteiger partial charge on any atom is 0.343 e. The summed E-state index contributed by atoms with van der Waals surface area (Å²) in [6.45, 7) is 6.25. The number of hydrogen-bond acceptors (Lipinski definition) is 3. The van der Waals surface area contributed by atoms with Crippen molar-refractivity contribution in [1.29, 1.82) is 0 Å². The highest BCUT2D eigenvalue weighted by Gasteiger charge is 2.15. The van der Waals surface area contributed by atoms with E-state index >= 15 is 0 Å². The molecule has 3 nitrogen and oxygen atoms in total. The first-order valence-corrected chi connectivity index (χ1v) is 7.00. The molecule has 1 aromatic carbocycles. The SMILES string of the molecule is CC.COC(=O)COc1ccc2c(c1)CC(C)CC2. The molecule has 1 aliphatic rings. The third-order valence-corrected chi connectivity index (χ3v) is 3.24. The summed E-state index contributed by atoms with van der Waals surface area (Å²) in [7, 11) is 1.36. The van der Waals surface area contributed by atoms with E-state index in [0.717, 1.165) is 24.5 Å². The number of benzene rings is 1. The largest absolute Gasteiger partial charge is 0.482 e. The standard InChI is InChI=1S/C14H18O3.C2H6/c1-10-3-4-11-5-6-13(8-12(11)7-10)17-9-14(15)16-2;1-2/h5-6,8,10H,3-4,7,9H2,1-2H3;1-2H3. The van der Waals surface area contributed by atoms with E-state index in [1.165, 1.54) is 24.7 Å². The van der Waals surface area contributed by atoms with Gasteiger partial charge in [0.05, 0.1) is 7.11 Å². The van der Waals surface area contributed by atoms with Gasteiger partial charge in [0.1, 0.15) is 5.75 Å². The Balaban J connectivity index is 0.000000861. The van der Waals surface area contributed by atoms with Crippen molar-refractivity contribution in [3.8, 4) is 5.75 Å². The molecule has 0 heterocycles. The molecule has 3 heteroatoms. The van der Waals surface area contributed by atoms with E-state index in [2.05, 4.69) is 17.7 Å². The van der Waals surface area contributed by atoms with Crippen molar-refractivity contribution >= 4 is 5.97 Å². The van der Waals surface area contributed by atoms with Crippen molar-refractivity contribution in [1.82, 2.24) is 0 Å². The Hall–Kier alpha value is -1.51. The molecule has 0 aliphatic heterocycles. The van der Waals surface area contributed by atoms with E-state index in [9.17, 15) is 4.79 Å². The fraction of sp³-hybridized carbons (Fsp3) is 0.562. The van der Waals surface area contributed by atoms with Crippen LogP contribution in [0.1, 0.15) is 38.3 Å². The molecular weight excluding hydrogens is 240 g/mol. The first-order valence-electron chi connectivity index (χ1n) is 7.00. The van der Waals surface area contributed by atoms with E-state index < -0.39 is 0 Å². The zero-order valence-electron chi connectivity index (χ0n) is 12.4. The third-order valence-electron chi connectivity index (χ3n) is 3.24. The number of fused-ring (bicyclic) bond motifs is 1. The molecular formula is C16H24O3. The number of carbonyl (C=O) groups is 1. The van der Waals surface area contributed by atoms with Gasteiger partial charge in [0.15, 0.2) is 6.61 Å². The van der Waals surface area contributed by atoms with Crippen LogP contribution in [-0.4, -0.2) is 19.7 Å². The van der Waals surface area contributed by atoms with Crippen LogP contribution in [0.5, 0.6) is 5.75 Å². The average Bonchev–Trinajstić information content (AvgIpc) is 2.46. The van der Waals surface area contributed by atoms with Crippen LogP contribution in [0.3, 0.4) is 0 Å². The maximum atomic E-state index is 11.0. The predicted octanol–water partition coefficient (Wildman–Crippen LogP) is 3.39. The smallest absolute Gasteiger partial charge is 0.343 e. The summed E-state index contributed by atoms with van der Waals surface area (Å²) >= 11 is 0. The third kappa shape index (κ3) is 4.58. The van der Waals surface area contributed by atoms with Gasteiger partial charge >= 0.3 is 5.97 Å². The van der Waals surface area contributed by atoms with Crippen LogP contribution in [0.2, 0.25) is 0 Å². The molecule has 1 unspecified atom stereocenters. The normalized spacial score (nSPS) is 16.7. The van der Waals surface area contributed by atoms with Crippen LogP contribution in [0.25, 0.3) is 0 Å². The lowest BCUT2D eigenvalue weighted by atomic mass is 9.85. The van der Waals surface area contributed by atoms with Crippen LogP contribution < -0.4 is 4.74 Å². The molecule has 1 aromatic rings. The van der Waals surface area contributed by atoms with Gasteiger partial charge in [-0.2, -0.15) is 0 Å². The molecule has 0 aromatic heterocycles. The van der Waals surface area contributed by atoms with Gasteiger partial charge in [0.25, 0.3) is 0 Å². The highest BCUT2D eigenvalue weighted by molar-refractivity contribution is 5.70. The molecule has 2 rings (SSSR count). The van der Waals surface area contributed by atoms with Crippen molar-refractivity contribution in [2.45, 2.75) is 40.0 Å². The first-order chi connectivity index (χ1) is 9.19. The van der Waals surface area contributed by atoms with Gasteiger partial charge < -0.3 is 9.47 Å². The molecule has 1 atom stereocenters. The Labute approximate surface area is 115 Å². The molecule has 0 spiro atoms. The van der Waals surface area contributed by atoms with E-state index in [4.69, 9.17) is 4.74 Å². The number of aryl methyl sites for hydroxylation is 1. The quantitative estimate of drug-likeness (QED) is 0.785. The van der Waals surface area contributed by atoms with Crippen LogP contribution in [0.15, 0.2) is 18.2 Å². The second-order valence-electron chi connectivity index (χ2n) is 4.64. The molecule has 106 valence electrons. The van der Waals surface area contributed by atoms with Crippen molar-refractivity contribution < 1.29 is 14.3 Å². The highest BCUT2D eigenvalue weighted by Crippen LogP contribution is 2.28. The zero-order chi connectivity index (χ0) is 14.3. The van der Waals surface area contributed by atoms with Gasteiger partial charge in [-0.1, -0.05) is 26.8 Å². The van der Waals surface area contributed by atoms with Crippen molar-refractivity contribution in [3.63, 3.8) is 0 Å². The van der Waals surface area contributed by atoms with Crippen LogP contribution in [0, 0.1) is 5.92 Å². The Bertz CT molecular complexity index is 412. The second-order valence-corrected chi connectivity index (χ2v) is 4.64. The lowest BCUT2D eigenvalue weighted by molar-refractivity contribution is -0.142. The van der Waals surface area contributed by atoms with Gasteiger partial charge in [-0.05, 0) is 48.4 Å². The Morgan fingerprint density at radius 1 is 1.32 bits per heavy atom. The van der Waals surface area contributed by atoms with Gasteiger partial charge in [0.2, 0.25) is 0 Å². The van der Waals surface area contributed by atoms with Crippen LogP contribution in [0.4, 0.5) is 0 Å². The monoisotopic (exact) mass is 264 g/mol. The number of rotatable bonds is 3. The van der Waals surface area contributed by atoms with E-state index in [1.807, 2.05) is 26.0 Å². The second kappa shape index (κ2) is 7.82. The number of esters is 1. The molecule has 0 N–H and O–H groups in total. The summed E-state index contributed by atoms with van der Waals surface area (Å²) in [5, 5.41) is 0. The summed E-state index contributed by atoms with van der Waals surface area (Å²) in [6, 6.07) is 6.08. The first kappa shape index (κ1) is 15.5. The van der Waals surface area contributed by atoms with E-state index in [1.54, 1.807) is 0 Å². The molecule has 1 aliphatic carbocycles. The minimum atomic E-state index is -0.351. The van der Waals surface area contributed by atoms with Gasteiger partial charge in [0, 0.05) is 0 Å². The Kier molecular flexibility index (Phi) is 6.40. The lowest BCUT2D eigenvalue weighted by Crippen LogP contribution is -2.14. The summed E-state index contributed by atoms with van der Waals surface area (Å²) in [6.07, 6.45) is 3.51. The molecule has 0 bridgehead atoms. The van der Waals surface area contributed by atoms with Crippen LogP contribution in [-0.2, 0) is 22.4 Å². The molecule has 0 amide bonds. The van der Waals surface area contributed by atoms with Crippen molar-refractivity contribution in [2.75, 3.05) is 13.7 Å². The van der Waals surface area contributed by atoms with Crippen molar-refractivity contribution in [3.05, 3.63) is 29.3 Å². The van der Waals surface area contributed by atoms with Gasteiger partial charge in [-0.25, -0.2) is 4.79 Å². The number of ether oxygens (including phenoxy) is 2. The molecule has 0 radical (unpaired) electrons. The highest BCUT2D eigenvalue weighted by atomic mass is 16.6. The van der Waals surface area contributed by atoms with Crippen LogP contribution >= 0.6 is 0 Å². The number of hydrogen-bond donors (Lipinski definition) is 0. The maximum absolute atomic E-state index is 11.0. The molecule has 0 fully saturated rings. The van der Waals surface area contributed by atoms with E-state index in [0.29, 0.717) is 0 Å². The minimum absolute atomic E-state index is 0.0230. The summed E-state index contributed by atoms with van der Waals surface area (Å²) in [4.78, 5) is 11.0. The number of methoxy groups -OCH3 is 1. The van der Waals surface area contributed by atoms with Gasteiger partial charge in [-0.3, -0.25) is 0 Å².